The monoisotopic (exact) mass is 242 g/mol. The van der Waals surface area contributed by atoms with E-state index < -0.39 is 0 Å². The maximum absolute atomic E-state index is 5.68. The van der Waals surface area contributed by atoms with Crippen molar-refractivity contribution in [3.8, 4) is 0 Å². The molecule has 72 valence electrons. The highest BCUT2D eigenvalue weighted by molar-refractivity contribution is 9.09. The molecule has 0 aromatic heterocycles. The maximum Gasteiger partial charge on any atom is 0.0721 e. The molecule has 0 N–H and O–H groups in total. The Hall–Kier alpha value is -0.340. The van der Waals surface area contributed by atoms with E-state index in [4.69, 9.17) is 4.74 Å². The van der Waals surface area contributed by atoms with Crippen LogP contribution in [0.25, 0.3) is 0 Å². The van der Waals surface area contributed by atoms with Crippen LogP contribution in [0.3, 0.4) is 0 Å². The molecule has 1 aromatic carbocycles. The van der Waals surface area contributed by atoms with Crippen LogP contribution in [0.2, 0.25) is 0 Å². The van der Waals surface area contributed by atoms with E-state index in [0.29, 0.717) is 12.7 Å². The van der Waals surface area contributed by atoms with Gasteiger partial charge in [0.25, 0.3) is 0 Å². The van der Waals surface area contributed by atoms with E-state index >= 15 is 0 Å². The van der Waals surface area contributed by atoms with E-state index in [1.807, 2.05) is 18.2 Å². The van der Waals surface area contributed by atoms with Crippen molar-refractivity contribution in [1.82, 2.24) is 0 Å². The normalized spacial score (nSPS) is 12.8. The smallest absolute Gasteiger partial charge is 0.0721 e. The summed E-state index contributed by atoms with van der Waals surface area (Å²) in [6.45, 7) is 2.85. The van der Waals surface area contributed by atoms with Crippen LogP contribution in [0, 0.1) is 0 Å². The van der Waals surface area contributed by atoms with Crippen molar-refractivity contribution in [2.45, 2.75) is 26.1 Å². The highest BCUT2D eigenvalue weighted by Gasteiger charge is 2.03. The molecule has 0 spiro atoms. The third-order valence-corrected chi connectivity index (χ3v) is 2.68. The lowest BCUT2D eigenvalue weighted by Gasteiger charge is -2.12. The molecule has 0 aliphatic carbocycles. The SMILES string of the molecule is CCC(CBr)OCc1ccccc1. The lowest BCUT2D eigenvalue weighted by Crippen LogP contribution is -2.12. The highest BCUT2D eigenvalue weighted by atomic mass is 79.9. The number of hydrogen-bond donors (Lipinski definition) is 0. The summed E-state index contributed by atoms with van der Waals surface area (Å²) in [5.74, 6) is 0. The van der Waals surface area contributed by atoms with E-state index in [1.54, 1.807) is 0 Å². The highest BCUT2D eigenvalue weighted by Crippen LogP contribution is 2.07. The fourth-order valence-electron chi connectivity index (χ4n) is 1.06. The van der Waals surface area contributed by atoms with Gasteiger partial charge in [-0.15, -0.1) is 0 Å². The molecule has 0 fully saturated rings. The van der Waals surface area contributed by atoms with Crippen molar-refractivity contribution in [2.75, 3.05) is 5.33 Å². The van der Waals surface area contributed by atoms with E-state index in [1.165, 1.54) is 5.56 Å². The summed E-state index contributed by atoms with van der Waals surface area (Å²) in [6, 6.07) is 10.3. The summed E-state index contributed by atoms with van der Waals surface area (Å²) < 4.78 is 5.68. The molecule has 1 unspecified atom stereocenters. The van der Waals surface area contributed by atoms with E-state index in [-0.39, 0.29) is 0 Å². The van der Waals surface area contributed by atoms with Gasteiger partial charge in [-0.05, 0) is 12.0 Å². The average molecular weight is 243 g/mol. The maximum atomic E-state index is 5.68. The Labute approximate surface area is 88.2 Å². The van der Waals surface area contributed by atoms with Gasteiger partial charge in [-0.25, -0.2) is 0 Å². The second-order valence-corrected chi connectivity index (χ2v) is 3.63. The van der Waals surface area contributed by atoms with Crippen LogP contribution in [0.5, 0.6) is 0 Å². The summed E-state index contributed by atoms with van der Waals surface area (Å²) in [7, 11) is 0. The number of benzene rings is 1. The molecular formula is C11H15BrO. The zero-order valence-corrected chi connectivity index (χ0v) is 9.46. The predicted molar refractivity (Wildman–Crippen MR) is 59.1 cm³/mol. The fraction of sp³-hybridized carbons (Fsp3) is 0.455. The molecule has 1 aromatic rings. The summed E-state index contributed by atoms with van der Waals surface area (Å²) in [5.41, 5.74) is 1.24. The van der Waals surface area contributed by atoms with Gasteiger partial charge in [-0.3, -0.25) is 0 Å². The fourth-order valence-corrected chi connectivity index (χ4v) is 1.70. The van der Waals surface area contributed by atoms with Gasteiger partial charge in [0.05, 0.1) is 12.7 Å². The van der Waals surface area contributed by atoms with Crippen molar-refractivity contribution in [3.63, 3.8) is 0 Å². The summed E-state index contributed by atoms with van der Waals surface area (Å²) >= 11 is 3.42. The van der Waals surface area contributed by atoms with Gasteiger partial charge in [0.15, 0.2) is 0 Å². The molecule has 0 bridgehead atoms. The minimum atomic E-state index is 0.334. The van der Waals surface area contributed by atoms with Gasteiger partial charge in [0.2, 0.25) is 0 Å². The second-order valence-electron chi connectivity index (χ2n) is 2.98. The molecule has 0 saturated carbocycles. The first-order valence-electron chi connectivity index (χ1n) is 4.58. The van der Waals surface area contributed by atoms with Gasteiger partial charge in [-0.2, -0.15) is 0 Å². The molecule has 0 radical (unpaired) electrons. The number of ether oxygens (including phenoxy) is 1. The molecule has 13 heavy (non-hydrogen) atoms. The third-order valence-electron chi connectivity index (χ3n) is 1.96. The minimum absolute atomic E-state index is 0.334. The average Bonchev–Trinajstić information content (AvgIpc) is 2.21. The zero-order chi connectivity index (χ0) is 9.52. The first-order valence-corrected chi connectivity index (χ1v) is 5.70. The molecule has 2 heteroatoms. The van der Waals surface area contributed by atoms with E-state index in [0.717, 1.165) is 11.8 Å². The third kappa shape index (κ3) is 3.92. The minimum Gasteiger partial charge on any atom is -0.373 e. The Balaban J connectivity index is 2.34. The van der Waals surface area contributed by atoms with Gasteiger partial charge < -0.3 is 4.74 Å². The topological polar surface area (TPSA) is 9.23 Å². The van der Waals surface area contributed by atoms with E-state index in [2.05, 4.69) is 35.0 Å². The van der Waals surface area contributed by atoms with Gasteiger partial charge in [0.1, 0.15) is 0 Å². The quantitative estimate of drug-likeness (QED) is 0.720. The van der Waals surface area contributed by atoms with Crippen LogP contribution in [-0.4, -0.2) is 11.4 Å². The first-order chi connectivity index (χ1) is 6.36. The molecule has 0 saturated heterocycles. The molecule has 0 aliphatic heterocycles. The number of rotatable bonds is 5. The molecule has 1 nitrogen and oxygen atoms in total. The van der Waals surface area contributed by atoms with Crippen LogP contribution in [0.15, 0.2) is 30.3 Å². The lowest BCUT2D eigenvalue weighted by molar-refractivity contribution is 0.0548. The largest absolute Gasteiger partial charge is 0.373 e. The Morgan fingerprint density at radius 1 is 1.31 bits per heavy atom. The van der Waals surface area contributed by atoms with E-state index in [9.17, 15) is 0 Å². The van der Waals surface area contributed by atoms with Crippen LogP contribution in [-0.2, 0) is 11.3 Å². The summed E-state index contributed by atoms with van der Waals surface area (Å²) in [6.07, 6.45) is 1.39. The lowest BCUT2D eigenvalue weighted by atomic mass is 10.2. The van der Waals surface area contributed by atoms with Crippen molar-refractivity contribution in [2.24, 2.45) is 0 Å². The first kappa shape index (κ1) is 10.7. The standard InChI is InChI=1S/C11H15BrO/c1-2-11(8-12)13-9-10-6-4-3-5-7-10/h3-7,11H,2,8-9H2,1H3. The molecule has 0 amide bonds. The number of alkyl halides is 1. The van der Waals surface area contributed by atoms with Crippen LogP contribution < -0.4 is 0 Å². The Bertz CT molecular complexity index is 219. The number of hydrogen-bond acceptors (Lipinski definition) is 1. The van der Waals surface area contributed by atoms with Gasteiger partial charge in [-0.1, -0.05) is 53.2 Å². The molecule has 1 rings (SSSR count). The molecule has 1 atom stereocenters. The van der Waals surface area contributed by atoms with Crippen molar-refractivity contribution >= 4 is 15.9 Å². The second kappa shape index (κ2) is 6.17. The molecular weight excluding hydrogens is 228 g/mol. The van der Waals surface area contributed by atoms with Crippen LogP contribution in [0.1, 0.15) is 18.9 Å². The summed E-state index contributed by atoms with van der Waals surface area (Å²) in [4.78, 5) is 0. The molecule has 0 aliphatic rings. The Kier molecular flexibility index (Phi) is 5.09. The zero-order valence-electron chi connectivity index (χ0n) is 7.87. The van der Waals surface area contributed by atoms with Crippen molar-refractivity contribution in [3.05, 3.63) is 35.9 Å². The predicted octanol–water partition coefficient (Wildman–Crippen LogP) is 3.38. The van der Waals surface area contributed by atoms with Gasteiger partial charge in [0, 0.05) is 5.33 Å². The van der Waals surface area contributed by atoms with Crippen LogP contribution in [0.4, 0.5) is 0 Å². The van der Waals surface area contributed by atoms with Crippen LogP contribution >= 0.6 is 15.9 Å². The van der Waals surface area contributed by atoms with Gasteiger partial charge >= 0.3 is 0 Å². The Morgan fingerprint density at radius 2 is 2.00 bits per heavy atom. The van der Waals surface area contributed by atoms with Crippen molar-refractivity contribution < 1.29 is 4.74 Å². The summed E-state index contributed by atoms with van der Waals surface area (Å²) in [5, 5.41) is 0.913. The number of halogens is 1. The Morgan fingerprint density at radius 3 is 2.54 bits per heavy atom. The molecule has 0 heterocycles. The van der Waals surface area contributed by atoms with Crippen molar-refractivity contribution in [1.29, 1.82) is 0 Å².